The Balaban J connectivity index is 2.81. The van der Waals surface area contributed by atoms with E-state index in [9.17, 15) is 4.79 Å². The molecule has 0 fully saturated rings. The Bertz CT molecular complexity index is 424. The molecule has 0 heterocycles. The molecule has 84 valence electrons. The lowest BCUT2D eigenvalue weighted by atomic mass is 10.2. The lowest BCUT2D eigenvalue weighted by Crippen LogP contribution is -2.09. The third-order valence-corrected chi connectivity index (χ3v) is 2.28. The summed E-state index contributed by atoms with van der Waals surface area (Å²) in [7, 11) is 0. The minimum absolute atomic E-state index is 0.0368. The fraction of sp³-hybridized carbons (Fsp3) is 0.250. The summed E-state index contributed by atoms with van der Waals surface area (Å²) < 4.78 is 0. The molecule has 0 saturated heterocycles. The number of terminal acetylenes is 1. The number of anilines is 2. The number of halogens is 1. The van der Waals surface area contributed by atoms with Crippen LogP contribution in [0.2, 0.25) is 5.02 Å². The smallest absolute Gasteiger partial charge is 0.224 e. The van der Waals surface area contributed by atoms with Gasteiger partial charge in [-0.05, 0) is 18.2 Å². The van der Waals surface area contributed by atoms with Crippen LogP contribution in [0.1, 0.15) is 13.3 Å². The molecule has 0 saturated carbocycles. The van der Waals surface area contributed by atoms with Gasteiger partial charge in [-0.15, -0.1) is 6.42 Å². The van der Waals surface area contributed by atoms with Gasteiger partial charge in [0, 0.05) is 12.1 Å². The second kappa shape index (κ2) is 6.04. The van der Waals surface area contributed by atoms with E-state index in [1.807, 2.05) is 0 Å². The Labute approximate surface area is 100 Å². The summed E-state index contributed by atoms with van der Waals surface area (Å²) >= 11 is 5.96. The van der Waals surface area contributed by atoms with Gasteiger partial charge in [0.1, 0.15) is 0 Å². The molecule has 4 heteroatoms. The zero-order valence-electron chi connectivity index (χ0n) is 9.01. The van der Waals surface area contributed by atoms with E-state index in [0.717, 1.165) is 0 Å². The molecule has 0 radical (unpaired) electrons. The lowest BCUT2D eigenvalue weighted by Gasteiger charge is -2.09. The highest BCUT2D eigenvalue weighted by Crippen LogP contribution is 2.25. The topological polar surface area (TPSA) is 41.1 Å². The maximum atomic E-state index is 11.2. The molecule has 1 aromatic rings. The lowest BCUT2D eigenvalue weighted by molar-refractivity contribution is -0.115. The Kier molecular flexibility index (Phi) is 4.68. The number of hydrogen-bond donors (Lipinski definition) is 2. The van der Waals surface area contributed by atoms with Gasteiger partial charge in [-0.3, -0.25) is 4.79 Å². The van der Waals surface area contributed by atoms with Crippen molar-refractivity contribution in [3.63, 3.8) is 0 Å². The van der Waals surface area contributed by atoms with Gasteiger partial charge in [0.15, 0.2) is 0 Å². The van der Waals surface area contributed by atoms with Crippen LogP contribution in [-0.2, 0) is 4.79 Å². The molecule has 0 atom stereocenters. The molecule has 0 spiro atoms. The van der Waals surface area contributed by atoms with E-state index in [1.165, 1.54) is 0 Å². The van der Waals surface area contributed by atoms with E-state index in [4.69, 9.17) is 18.0 Å². The van der Waals surface area contributed by atoms with Crippen LogP contribution in [0.4, 0.5) is 11.4 Å². The van der Waals surface area contributed by atoms with Crippen molar-refractivity contribution in [3.8, 4) is 12.3 Å². The van der Waals surface area contributed by atoms with Gasteiger partial charge < -0.3 is 10.6 Å². The highest BCUT2D eigenvalue weighted by Gasteiger charge is 2.03. The van der Waals surface area contributed by atoms with E-state index < -0.39 is 0 Å². The van der Waals surface area contributed by atoms with Crippen molar-refractivity contribution in [2.75, 3.05) is 17.2 Å². The molecule has 0 aromatic heterocycles. The maximum absolute atomic E-state index is 11.2. The molecule has 0 aliphatic heterocycles. The van der Waals surface area contributed by atoms with Crippen LogP contribution in [0.25, 0.3) is 0 Å². The summed E-state index contributed by atoms with van der Waals surface area (Å²) in [5, 5.41) is 6.30. The van der Waals surface area contributed by atoms with Crippen LogP contribution >= 0.6 is 11.6 Å². The second-order valence-corrected chi connectivity index (χ2v) is 3.56. The van der Waals surface area contributed by atoms with Gasteiger partial charge in [-0.25, -0.2) is 0 Å². The van der Waals surface area contributed by atoms with Crippen molar-refractivity contribution in [2.45, 2.75) is 13.3 Å². The Morgan fingerprint density at radius 3 is 2.94 bits per heavy atom. The van der Waals surface area contributed by atoms with Gasteiger partial charge in [-0.2, -0.15) is 0 Å². The predicted octanol–water partition coefficient (Wildman–Crippen LogP) is 2.73. The summed E-state index contributed by atoms with van der Waals surface area (Å²) in [6.07, 6.45) is 5.58. The molecule has 1 rings (SSSR count). The number of amides is 1. The third-order valence-electron chi connectivity index (χ3n) is 1.95. The Morgan fingerprint density at radius 2 is 2.31 bits per heavy atom. The van der Waals surface area contributed by atoms with Crippen molar-refractivity contribution >= 4 is 28.9 Å². The second-order valence-electron chi connectivity index (χ2n) is 3.15. The first kappa shape index (κ1) is 12.4. The summed E-state index contributed by atoms with van der Waals surface area (Å²) in [6.45, 7) is 2.19. The third kappa shape index (κ3) is 3.48. The van der Waals surface area contributed by atoms with Crippen LogP contribution in [0.3, 0.4) is 0 Å². The minimum Gasteiger partial charge on any atom is -0.373 e. The SMILES string of the molecule is C#CCNc1cc(NC(=O)CC)ccc1Cl. The van der Waals surface area contributed by atoms with Gasteiger partial charge in [-0.1, -0.05) is 24.4 Å². The zero-order chi connectivity index (χ0) is 12.0. The molecule has 3 nitrogen and oxygen atoms in total. The van der Waals surface area contributed by atoms with Crippen molar-refractivity contribution in [2.24, 2.45) is 0 Å². The van der Waals surface area contributed by atoms with Crippen LogP contribution < -0.4 is 10.6 Å². The quantitative estimate of drug-likeness (QED) is 0.790. The van der Waals surface area contributed by atoms with Crippen molar-refractivity contribution in [3.05, 3.63) is 23.2 Å². The van der Waals surface area contributed by atoms with E-state index in [1.54, 1.807) is 25.1 Å². The fourth-order valence-corrected chi connectivity index (χ4v) is 1.32. The zero-order valence-corrected chi connectivity index (χ0v) is 9.77. The molecule has 0 bridgehead atoms. The number of carbonyl (C=O) groups excluding carboxylic acids is 1. The molecule has 1 amide bonds. The van der Waals surface area contributed by atoms with E-state index in [-0.39, 0.29) is 5.91 Å². The normalized spacial score (nSPS) is 9.31. The molecule has 16 heavy (non-hydrogen) atoms. The molecular weight excluding hydrogens is 224 g/mol. The van der Waals surface area contributed by atoms with Crippen LogP contribution in [0.15, 0.2) is 18.2 Å². The largest absolute Gasteiger partial charge is 0.373 e. The predicted molar refractivity (Wildman–Crippen MR) is 67.7 cm³/mol. The minimum atomic E-state index is -0.0368. The maximum Gasteiger partial charge on any atom is 0.224 e. The monoisotopic (exact) mass is 236 g/mol. The first-order valence-electron chi connectivity index (χ1n) is 4.94. The fourth-order valence-electron chi connectivity index (χ4n) is 1.13. The van der Waals surface area contributed by atoms with Gasteiger partial charge in [0.25, 0.3) is 0 Å². The van der Waals surface area contributed by atoms with Crippen molar-refractivity contribution in [1.29, 1.82) is 0 Å². The van der Waals surface area contributed by atoms with Crippen LogP contribution in [0, 0.1) is 12.3 Å². The first-order chi connectivity index (χ1) is 7.67. The van der Waals surface area contributed by atoms with Gasteiger partial charge in [0.05, 0.1) is 17.3 Å². The number of hydrogen-bond acceptors (Lipinski definition) is 2. The highest BCUT2D eigenvalue weighted by molar-refractivity contribution is 6.33. The molecule has 1 aromatic carbocycles. The van der Waals surface area contributed by atoms with Gasteiger partial charge >= 0.3 is 0 Å². The highest BCUT2D eigenvalue weighted by atomic mass is 35.5. The van der Waals surface area contributed by atoms with Crippen LogP contribution in [0.5, 0.6) is 0 Å². The summed E-state index contributed by atoms with van der Waals surface area (Å²) in [4.78, 5) is 11.2. The van der Waals surface area contributed by atoms with E-state index >= 15 is 0 Å². The van der Waals surface area contributed by atoms with Crippen molar-refractivity contribution < 1.29 is 4.79 Å². The van der Waals surface area contributed by atoms with E-state index in [2.05, 4.69) is 16.6 Å². The molecule has 2 N–H and O–H groups in total. The number of rotatable bonds is 4. The number of nitrogens with one attached hydrogen (secondary N) is 2. The van der Waals surface area contributed by atoms with Gasteiger partial charge in [0.2, 0.25) is 5.91 Å². The molecular formula is C12H13ClN2O. The summed E-state index contributed by atoms with van der Waals surface area (Å²) in [5.41, 5.74) is 1.42. The average molecular weight is 237 g/mol. The number of benzene rings is 1. The molecule has 0 aliphatic rings. The standard InChI is InChI=1S/C12H13ClN2O/c1-3-7-14-11-8-9(5-6-10(11)13)15-12(16)4-2/h1,5-6,8,14H,4,7H2,2H3,(H,15,16). The van der Waals surface area contributed by atoms with Crippen molar-refractivity contribution in [1.82, 2.24) is 0 Å². The Morgan fingerprint density at radius 1 is 1.56 bits per heavy atom. The van der Waals surface area contributed by atoms with E-state index in [0.29, 0.717) is 29.4 Å². The summed E-state index contributed by atoms with van der Waals surface area (Å²) in [5.74, 6) is 2.42. The molecule has 0 aliphatic carbocycles. The summed E-state index contributed by atoms with van der Waals surface area (Å²) in [6, 6.07) is 5.22. The molecule has 0 unspecified atom stereocenters. The number of carbonyl (C=O) groups is 1. The van der Waals surface area contributed by atoms with Crippen LogP contribution in [-0.4, -0.2) is 12.5 Å². The first-order valence-corrected chi connectivity index (χ1v) is 5.32. The Hall–Kier alpha value is -1.66. The average Bonchev–Trinajstić information content (AvgIpc) is 2.29.